The Labute approximate surface area is 131 Å². The number of unbranched alkanes of at least 4 members (excludes halogenated alkanes) is 4. The highest BCUT2D eigenvalue weighted by molar-refractivity contribution is 7.15. The average molecular weight is 313 g/mol. The average Bonchev–Trinajstić information content (AvgIpc) is 2.91. The van der Waals surface area contributed by atoms with E-state index in [0.717, 1.165) is 23.1 Å². The van der Waals surface area contributed by atoms with Crippen molar-refractivity contribution >= 4 is 22.4 Å². The summed E-state index contributed by atoms with van der Waals surface area (Å²) in [6.45, 7) is 7.76. The normalized spacial score (nSPS) is 11.0. The van der Waals surface area contributed by atoms with Crippen LogP contribution in [0, 0.1) is 0 Å². The maximum absolute atomic E-state index is 10.8. The zero-order valence-corrected chi connectivity index (χ0v) is 14.2. The Morgan fingerprint density at radius 1 is 1.19 bits per heavy atom. The summed E-state index contributed by atoms with van der Waals surface area (Å²) in [5, 5.41) is 19.2. The van der Waals surface area contributed by atoms with Crippen molar-refractivity contribution in [3.8, 4) is 0 Å². The number of carboxylic acid groups (broad SMARTS) is 1. The number of hydrogen-bond donors (Lipinski definition) is 1. The second-order valence-electron chi connectivity index (χ2n) is 5.62. The first-order valence-electron chi connectivity index (χ1n) is 7.84. The molecule has 1 N–H and O–H groups in total. The van der Waals surface area contributed by atoms with Crippen LogP contribution >= 0.6 is 11.3 Å². The van der Waals surface area contributed by atoms with Crippen molar-refractivity contribution in [3.05, 3.63) is 5.01 Å². The molecule has 0 amide bonds. The highest BCUT2D eigenvalue weighted by Gasteiger charge is 2.15. The predicted octanol–water partition coefficient (Wildman–Crippen LogP) is 3.91. The molecule has 120 valence electrons. The van der Waals surface area contributed by atoms with Gasteiger partial charge in [0.2, 0.25) is 5.13 Å². The van der Waals surface area contributed by atoms with Crippen molar-refractivity contribution in [1.29, 1.82) is 0 Å². The molecule has 0 spiro atoms. The fourth-order valence-corrected chi connectivity index (χ4v) is 2.93. The Kier molecular flexibility index (Phi) is 8.27. The zero-order valence-electron chi connectivity index (χ0n) is 13.3. The molecule has 0 bridgehead atoms. The summed E-state index contributed by atoms with van der Waals surface area (Å²) in [6, 6.07) is 0. The second kappa shape index (κ2) is 9.71. The molecule has 0 aliphatic heterocycles. The van der Waals surface area contributed by atoms with E-state index in [4.69, 9.17) is 5.11 Å². The van der Waals surface area contributed by atoms with Gasteiger partial charge in [0, 0.05) is 19.0 Å². The Hall–Kier alpha value is -1.17. The molecule has 5 nitrogen and oxygen atoms in total. The first-order chi connectivity index (χ1) is 10.0. The topological polar surface area (TPSA) is 66.3 Å². The van der Waals surface area contributed by atoms with E-state index in [9.17, 15) is 4.79 Å². The first-order valence-corrected chi connectivity index (χ1v) is 8.66. The van der Waals surface area contributed by atoms with Crippen LogP contribution in [0.25, 0.3) is 0 Å². The number of anilines is 1. The van der Waals surface area contributed by atoms with Gasteiger partial charge in [-0.05, 0) is 6.42 Å². The minimum atomic E-state index is -0.764. The van der Waals surface area contributed by atoms with Crippen LogP contribution in [0.2, 0.25) is 0 Å². The van der Waals surface area contributed by atoms with Gasteiger partial charge in [0.25, 0.3) is 0 Å². The molecular formula is C15H27N3O2S. The summed E-state index contributed by atoms with van der Waals surface area (Å²) < 4.78 is 0. The monoisotopic (exact) mass is 313 g/mol. The molecule has 21 heavy (non-hydrogen) atoms. The van der Waals surface area contributed by atoms with Crippen molar-refractivity contribution in [2.24, 2.45) is 0 Å². The Balaban J connectivity index is 2.55. The second-order valence-corrected chi connectivity index (χ2v) is 6.61. The number of carboxylic acids is 1. The lowest BCUT2D eigenvalue weighted by atomic mass is 10.1. The molecule has 1 heterocycles. The van der Waals surface area contributed by atoms with Crippen LogP contribution in [0.3, 0.4) is 0 Å². The van der Waals surface area contributed by atoms with Crippen LogP contribution in [0.15, 0.2) is 0 Å². The SMILES string of the molecule is CCCCCCCN(CCC(=O)O)c1nnc(C(C)C)s1. The third-order valence-corrected chi connectivity index (χ3v) is 4.61. The number of carbonyl (C=O) groups is 1. The Morgan fingerprint density at radius 2 is 1.90 bits per heavy atom. The molecule has 0 saturated heterocycles. The smallest absolute Gasteiger partial charge is 0.305 e. The van der Waals surface area contributed by atoms with Crippen LogP contribution in [0.5, 0.6) is 0 Å². The van der Waals surface area contributed by atoms with E-state index in [1.807, 2.05) is 0 Å². The van der Waals surface area contributed by atoms with Crippen molar-refractivity contribution < 1.29 is 9.90 Å². The van der Waals surface area contributed by atoms with E-state index in [-0.39, 0.29) is 6.42 Å². The number of nitrogens with zero attached hydrogens (tertiary/aromatic N) is 3. The van der Waals surface area contributed by atoms with E-state index in [2.05, 4.69) is 35.9 Å². The molecule has 0 aliphatic carbocycles. The van der Waals surface area contributed by atoms with Gasteiger partial charge in [-0.2, -0.15) is 0 Å². The quantitative estimate of drug-likeness (QED) is 0.627. The van der Waals surface area contributed by atoms with Gasteiger partial charge in [0.15, 0.2) is 0 Å². The molecule has 0 radical (unpaired) electrons. The lowest BCUT2D eigenvalue weighted by Crippen LogP contribution is -2.27. The van der Waals surface area contributed by atoms with Crippen LogP contribution in [0.1, 0.15) is 70.2 Å². The highest BCUT2D eigenvalue weighted by Crippen LogP contribution is 2.26. The van der Waals surface area contributed by atoms with E-state index in [1.54, 1.807) is 11.3 Å². The van der Waals surface area contributed by atoms with Crippen LogP contribution in [-0.2, 0) is 4.79 Å². The van der Waals surface area contributed by atoms with Crippen LogP contribution < -0.4 is 4.90 Å². The molecular weight excluding hydrogens is 286 g/mol. The van der Waals surface area contributed by atoms with E-state index in [0.29, 0.717) is 12.5 Å². The zero-order chi connectivity index (χ0) is 15.7. The van der Waals surface area contributed by atoms with Gasteiger partial charge < -0.3 is 10.0 Å². The minimum absolute atomic E-state index is 0.144. The summed E-state index contributed by atoms with van der Waals surface area (Å²) in [4.78, 5) is 12.9. The van der Waals surface area contributed by atoms with Crippen LogP contribution in [0.4, 0.5) is 5.13 Å². The molecule has 0 saturated carbocycles. The largest absolute Gasteiger partial charge is 0.481 e. The third-order valence-electron chi connectivity index (χ3n) is 3.32. The standard InChI is InChI=1S/C15H27N3O2S/c1-4-5-6-7-8-10-18(11-9-13(19)20)15-17-16-14(21-15)12(2)3/h12H,4-11H2,1-3H3,(H,19,20). The van der Waals surface area contributed by atoms with Crippen LogP contribution in [-0.4, -0.2) is 34.4 Å². The van der Waals surface area contributed by atoms with E-state index >= 15 is 0 Å². The third kappa shape index (κ3) is 6.89. The molecule has 0 fully saturated rings. The molecule has 0 aromatic carbocycles. The fourth-order valence-electron chi connectivity index (χ4n) is 2.03. The van der Waals surface area contributed by atoms with Gasteiger partial charge in [-0.1, -0.05) is 57.8 Å². The highest BCUT2D eigenvalue weighted by atomic mass is 32.1. The van der Waals surface area contributed by atoms with Crippen molar-refractivity contribution in [1.82, 2.24) is 10.2 Å². The fraction of sp³-hybridized carbons (Fsp3) is 0.800. The molecule has 0 aliphatic rings. The van der Waals surface area contributed by atoms with Crippen molar-refractivity contribution in [3.63, 3.8) is 0 Å². The number of aliphatic carboxylic acids is 1. The molecule has 6 heteroatoms. The summed E-state index contributed by atoms with van der Waals surface area (Å²) in [5.41, 5.74) is 0. The van der Waals surface area contributed by atoms with Gasteiger partial charge in [0.05, 0.1) is 6.42 Å². The molecule has 1 rings (SSSR count). The molecule has 0 atom stereocenters. The van der Waals surface area contributed by atoms with Gasteiger partial charge in [-0.25, -0.2) is 0 Å². The summed E-state index contributed by atoms with van der Waals surface area (Å²) in [6.07, 6.45) is 6.16. The van der Waals surface area contributed by atoms with Gasteiger partial charge in [0.1, 0.15) is 5.01 Å². The minimum Gasteiger partial charge on any atom is -0.481 e. The summed E-state index contributed by atoms with van der Waals surface area (Å²) in [5.74, 6) is -0.401. The summed E-state index contributed by atoms with van der Waals surface area (Å²) >= 11 is 1.58. The lowest BCUT2D eigenvalue weighted by molar-refractivity contribution is -0.136. The lowest BCUT2D eigenvalue weighted by Gasteiger charge is -2.20. The molecule has 1 aromatic rings. The predicted molar refractivity (Wildman–Crippen MR) is 87.2 cm³/mol. The van der Waals surface area contributed by atoms with E-state index in [1.165, 1.54) is 25.7 Å². The van der Waals surface area contributed by atoms with Gasteiger partial charge in [-0.3, -0.25) is 4.79 Å². The maximum atomic E-state index is 10.8. The first kappa shape index (κ1) is 17.9. The molecule has 0 unspecified atom stereocenters. The molecule has 1 aromatic heterocycles. The number of aromatic nitrogens is 2. The summed E-state index contributed by atoms with van der Waals surface area (Å²) in [7, 11) is 0. The van der Waals surface area contributed by atoms with Gasteiger partial charge >= 0.3 is 5.97 Å². The number of hydrogen-bond acceptors (Lipinski definition) is 5. The Morgan fingerprint density at radius 3 is 2.48 bits per heavy atom. The van der Waals surface area contributed by atoms with Crippen molar-refractivity contribution in [2.75, 3.05) is 18.0 Å². The Bertz CT molecular complexity index is 421. The number of rotatable bonds is 11. The van der Waals surface area contributed by atoms with E-state index < -0.39 is 5.97 Å². The van der Waals surface area contributed by atoms with Gasteiger partial charge in [-0.15, -0.1) is 10.2 Å². The maximum Gasteiger partial charge on any atom is 0.305 e. The van der Waals surface area contributed by atoms with Crippen molar-refractivity contribution in [2.45, 2.75) is 65.2 Å².